The van der Waals surface area contributed by atoms with Gasteiger partial charge in [-0.05, 0) is 69.0 Å². The summed E-state index contributed by atoms with van der Waals surface area (Å²) >= 11 is 0. The highest BCUT2D eigenvalue weighted by Gasteiger charge is 2.27. The number of carbonyl (C=O) groups is 1. The van der Waals surface area contributed by atoms with E-state index in [1.54, 1.807) is 24.3 Å². The Morgan fingerprint density at radius 1 is 1.16 bits per heavy atom. The first-order chi connectivity index (χ1) is 17.8. The Labute approximate surface area is 218 Å². The maximum atomic E-state index is 13.0. The molecule has 7 nitrogen and oxygen atoms in total. The monoisotopic (exact) mass is 495 g/mol. The summed E-state index contributed by atoms with van der Waals surface area (Å²) in [5.74, 6) is 0.321. The summed E-state index contributed by atoms with van der Waals surface area (Å²) in [6, 6.07) is 14.8. The summed E-state index contributed by atoms with van der Waals surface area (Å²) in [6.07, 6.45) is 12.9. The molecule has 0 fully saturated rings. The van der Waals surface area contributed by atoms with Gasteiger partial charge >= 0.3 is 0 Å². The molecule has 1 aromatic heterocycles. The van der Waals surface area contributed by atoms with E-state index in [9.17, 15) is 10.1 Å². The van der Waals surface area contributed by atoms with Crippen molar-refractivity contribution in [3.05, 3.63) is 95.9 Å². The number of nitrogens with zero attached hydrogens (tertiary/aromatic N) is 3. The largest absolute Gasteiger partial charge is 0.419 e. The molecule has 7 heteroatoms. The second kappa shape index (κ2) is 12.6. The molecule has 3 rings (SSSR count). The van der Waals surface area contributed by atoms with Gasteiger partial charge in [-0.1, -0.05) is 61.6 Å². The number of amides is 1. The number of allylic oxidation sites excluding steroid dienone is 5. The predicted molar refractivity (Wildman–Crippen MR) is 146 cm³/mol. The number of aromatic nitrogens is 2. The number of nitrogens with two attached hydrogens (primary N) is 1. The Kier molecular flexibility index (Phi) is 9.31. The fourth-order valence-corrected chi connectivity index (χ4v) is 3.57. The first-order valence-corrected chi connectivity index (χ1v) is 12.3. The summed E-state index contributed by atoms with van der Waals surface area (Å²) < 4.78 is 6.01. The summed E-state index contributed by atoms with van der Waals surface area (Å²) in [7, 11) is 0. The van der Waals surface area contributed by atoms with Crippen molar-refractivity contribution < 1.29 is 9.21 Å². The fraction of sp³-hybridized carbons (Fsp3) is 0.267. The van der Waals surface area contributed by atoms with Gasteiger partial charge in [0.2, 0.25) is 11.8 Å². The van der Waals surface area contributed by atoms with Gasteiger partial charge in [0.1, 0.15) is 0 Å². The van der Waals surface area contributed by atoms with Crippen molar-refractivity contribution in [2.75, 3.05) is 0 Å². The standard InChI is InChI=1S/C30H33N5O2/c1-5-7-8-9-10-13-16-30(4,32)29-35-34-28(37-29)25-18-23(26-15-12-11-14-22(26)20-31)17-24(19-25)27(36)33-21(3)6-2/h5,7-15,17-19,21H,6,16,32H2,1-4H3,(H,33,36)/b7-5-,9-8-,13-10+/t21?,30-/m0/s1. The first-order valence-electron chi connectivity index (χ1n) is 12.3. The van der Waals surface area contributed by atoms with Gasteiger partial charge in [0, 0.05) is 17.2 Å². The van der Waals surface area contributed by atoms with Crippen LogP contribution in [0.1, 0.15) is 62.3 Å². The average molecular weight is 496 g/mol. The lowest BCUT2D eigenvalue weighted by Crippen LogP contribution is -2.32. The minimum absolute atomic E-state index is 0.0138. The minimum atomic E-state index is -0.877. The third kappa shape index (κ3) is 7.12. The maximum Gasteiger partial charge on any atom is 0.251 e. The van der Waals surface area contributed by atoms with Crippen molar-refractivity contribution in [3.8, 4) is 28.7 Å². The van der Waals surface area contributed by atoms with Crippen LogP contribution in [0.3, 0.4) is 0 Å². The van der Waals surface area contributed by atoms with Crippen LogP contribution in [0, 0.1) is 11.3 Å². The number of carbonyl (C=O) groups excluding carboxylic acids is 1. The van der Waals surface area contributed by atoms with Crippen LogP contribution in [0.5, 0.6) is 0 Å². The van der Waals surface area contributed by atoms with Crippen molar-refractivity contribution in [2.45, 2.75) is 52.1 Å². The molecule has 0 radical (unpaired) electrons. The molecule has 2 atom stereocenters. The summed E-state index contributed by atoms with van der Waals surface area (Å²) in [4.78, 5) is 13.0. The third-order valence-electron chi connectivity index (χ3n) is 5.91. The molecule has 0 saturated carbocycles. The van der Waals surface area contributed by atoms with Gasteiger partial charge in [-0.25, -0.2) is 0 Å². The highest BCUT2D eigenvalue weighted by Crippen LogP contribution is 2.31. The van der Waals surface area contributed by atoms with Crippen molar-refractivity contribution in [2.24, 2.45) is 5.73 Å². The quantitative estimate of drug-likeness (QED) is 0.330. The molecule has 1 unspecified atom stereocenters. The molecule has 0 bridgehead atoms. The van der Waals surface area contributed by atoms with Crippen LogP contribution < -0.4 is 11.1 Å². The van der Waals surface area contributed by atoms with E-state index in [-0.39, 0.29) is 23.7 Å². The summed E-state index contributed by atoms with van der Waals surface area (Å²) in [6.45, 7) is 7.74. The Balaban J connectivity index is 1.99. The van der Waals surface area contributed by atoms with Gasteiger partial charge in [-0.3, -0.25) is 4.79 Å². The van der Waals surface area contributed by atoms with E-state index >= 15 is 0 Å². The van der Waals surface area contributed by atoms with Crippen LogP contribution in [0.15, 0.2) is 83.3 Å². The van der Waals surface area contributed by atoms with Crippen molar-refractivity contribution in [3.63, 3.8) is 0 Å². The van der Waals surface area contributed by atoms with Gasteiger partial charge in [0.25, 0.3) is 5.91 Å². The van der Waals surface area contributed by atoms with Gasteiger partial charge < -0.3 is 15.5 Å². The highest BCUT2D eigenvalue weighted by molar-refractivity contribution is 5.97. The first kappa shape index (κ1) is 27.3. The molecule has 190 valence electrons. The van der Waals surface area contributed by atoms with E-state index in [4.69, 9.17) is 10.2 Å². The van der Waals surface area contributed by atoms with Crippen LogP contribution >= 0.6 is 0 Å². The summed E-state index contributed by atoms with van der Waals surface area (Å²) in [5, 5.41) is 21.1. The van der Waals surface area contributed by atoms with E-state index < -0.39 is 5.54 Å². The zero-order valence-corrected chi connectivity index (χ0v) is 21.7. The van der Waals surface area contributed by atoms with Crippen LogP contribution in [0.4, 0.5) is 0 Å². The van der Waals surface area contributed by atoms with E-state index in [1.807, 2.05) is 82.4 Å². The zero-order valence-electron chi connectivity index (χ0n) is 21.7. The smallest absolute Gasteiger partial charge is 0.251 e. The molecular weight excluding hydrogens is 462 g/mol. The summed E-state index contributed by atoms with van der Waals surface area (Å²) in [5.41, 5.74) is 8.54. The fourth-order valence-electron chi connectivity index (χ4n) is 3.57. The lowest BCUT2D eigenvalue weighted by Gasteiger charge is -2.17. The van der Waals surface area contributed by atoms with Crippen molar-refractivity contribution in [1.82, 2.24) is 15.5 Å². The lowest BCUT2D eigenvalue weighted by atomic mass is 9.96. The van der Waals surface area contributed by atoms with E-state index in [0.29, 0.717) is 34.2 Å². The number of hydrogen-bond acceptors (Lipinski definition) is 6. The molecule has 1 heterocycles. The lowest BCUT2D eigenvalue weighted by molar-refractivity contribution is 0.0939. The van der Waals surface area contributed by atoms with E-state index in [0.717, 1.165) is 6.42 Å². The molecule has 0 saturated heterocycles. The van der Waals surface area contributed by atoms with Crippen LogP contribution in [-0.2, 0) is 5.54 Å². The van der Waals surface area contributed by atoms with E-state index in [2.05, 4.69) is 21.6 Å². The molecule has 2 aromatic carbocycles. The molecule has 0 aliphatic rings. The molecule has 0 aliphatic heterocycles. The van der Waals surface area contributed by atoms with Crippen molar-refractivity contribution in [1.29, 1.82) is 5.26 Å². The molecule has 37 heavy (non-hydrogen) atoms. The van der Waals surface area contributed by atoms with Crippen LogP contribution in [0.25, 0.3) is 22.6 Å². The van der Waals surface area contributed by atoms with Gasteiger partial charge in [-0.2, -0.15) is 5.26 Å². The number of nitrogens with one attached hydrogen (secondary N) is 1. The second-order valence-electron chi connectivity index (χ2n) is 9.11. The number of hydrogen-bond donors (Lipinski definition) is 2. The molecule has 1 amide bonds. The van der Waals surface area contributed by atoms with E-state index in [1.165, 1.54) is 0 Å². The number of benzene rings is 2. The Bertz CT molecular complexity index is 1360. The third-order valence-corrected chi connectivity index (χ3v) is 5.91. The van der Waals surface area contributed by atoms with Crippen LogP contribution in [0.2, 0.25) is 0 Å². The van der Waals surface area contributed by atoms with Gasteiger partial charge in [0.15, 0.2) is 0 Å². The zero-order chi connectivity index (χ0) is 26.8. The Morgan fingerprint density at radius 2 is 1.89 bits per heavy atom. The van der Waals surface area contributed by atoms with Gasteiger partial charge in [-0.15, -0.1) is 10.2 Å². The SMILES string of the molecule is C\C=C/C=C\C=C\C[C@](C)(N)c1nnc(-c2cc(C(=O)NC(C)CC)cc(-c3ccccc3C#N)c2)o1. The Morgan fingerprint density at radius 3 is 2.62 bits per heavy atom. The number of nitriles is 1. The second-order valence-corrected chi connectivity index (χ2v) is 9.11. The Hall–Kier alpha value is -4.28. The van der Waals surface area contributed by atoms with Crippen molar-refractivity contribution >= 4 is 5.91 Å². The predicted octanol–water partition coefficient (Wildman–Crippen LogP) is 6.06. The molecule has 0 spiro atoms. The topological polar surface area (TPSA) is 118 Å². The highest BCUT2D eigenvalue weighted by atomic mass is 16.4. The molecule has 3 aromatic rings. The average Bonchev–Trinajstić information content (AvgIpc) is 3.42. The minimum Gasteiger partial charge on any atom is -0.419 e. The maximum absolute atomic E-state index is 13.0. The normalized spacial score (nSPS) is 14.2. The molecule has 3 N–H and O–H groups in total. The molecule has 0 aliphatic carbocycles. The number of rotatable bonds is 10. The molecular formula is C30H33N5O2. The van der Waals surface area contributed by atoms with Crippen LogP contribution in [-0.4, -0.2) is 22.1 Å². The van der Waals surface area contributed by atoms with Gasteiger partial charge in [0.05, 0.1) is 17.2 Å².